The summed E-state index contributed by atoms with van der Waals surface area (Å²) in [4.78, 5) is 22.4. The Bertz CT molecular complexity index is 1030. The van der Waals surface area contributed by atoms with E-state index in [2.05, 4.69) is 25.6 Å². The number of nitro groups is 1. The van der Waals surface area contributed by atoms with Crippen LogP contribution in [0, 0.1) is 17.0 Å². The van der Waals surface area contributed by atoms with Crippen LogP contribution in [0.1, 0.15) is 11.1 Å². The molecule has 0 spiro atoms. The van der Waals surface area contributed by atoms with E-state index in [1.54, 1.807) is 12.1 Å². The van der Waals surface area contributed by atoms with Gasteiger partial charge in [0, 0.05) is 6.20 Å². The van der Waals surface area contributed by atoms with E-state index in [0.717, 1.165) is 24.0 Å². The van der Waals surface area contributed by atoms with Gasteiger partial charge in [-0.25, -0.2) is 15.0 Å². The Hall–Kier alpha value is -3.76. The molecule has 144 valence electrons. The number of hydrogen-bond acceptors (Lipinski definition) is 7. The summed E-state index contributed by atoms with van der Waals surface area (Å²) in [6.07, 6.45) is -2.13. The van der Waals surface area contributed by atoms with Crippen LogP contribution in [0.25, 0.3) is 0 Å². The molecule has 0 saturated carbocycles. The van der Waals surface area contributed by atoms with Crippen molar-refractivity contribution >= 4 is 28.8 Å². The van der Waals surface area contributed by atoms with Crippen LogP contribution in [-0.4, -0.2) is 19.9 Å². The summed E-state index contributed by atoms with van der Waals surface area (Å²) in [7, 11) is 0. The summed E-state index contributed by atoms with van der Waals surface area (Å²) in [5.74, 6) is -0.291. The molecule has 0 aliphatic heterocycles. The van der Waals surface area contributed by atoms with Crippen molar-refractivity contribution in [1.82, 2.24) is 15.0 Å². The van der Waals surface area contributed by atoms with E-state index in [4.69, 9.17) is 0 Å². The Balaban J connectivity index is 2.03. The van der Waals surface area contributed by atoms with Gasteiger partial charge in [-0.2, -0.15) is 13.2 Å². The topological polar surface area (TPSA) is 106 Å². The summed E-state index contributed by atoms with van der Waals surface area (Å²) in [6, 6.07) is 7.99. The molecule has 0 radical (unpaired) electrons. The van der Waals surface area contributed by atoms with Gasteiger partial charge in [0.05, 0.1) is 16.2 Å². The van der Waals surface area contributed by atoms with E-state index in [1.165, 1.54) is 18.3 Å². The molecule has 28 heavy (non-hydrogen) atoms. The molecule has 11 heteroatoms. The molecule has 0 fully saturated rings. The normalized spacial score (nSPS) is 11.1. The maximum atomic E-state index is 13.2. The molecule has 1 aromatic carbocycles. The highest BCUT2D eigenvalue weighted by molar-refractivity contribution is 5.77. The lowest BCUT2D eigenvalue weighted by molar-refractivity contribution is -0.383. The quantitative estimate of drug-likeness (QED) is 0.485. The van der Waals surface area contributed by atoms with Crippen LogP contribution in [0.4, 0.5) is 42.0 Å². The van der Waals surface area contributed by atoms with E-state index in [9.17, 15) is 23.3 Å². The summed E-state index contributed by atoms with van der Waals surface area (Å²) >= 11 is 0. The standard InChI is InChI=1S/C17H13F3N6O2/c1-10-6-7-21-13(8-10)25-16-14(26(27)28)15(22-9-23-16)24-12-5-3-2-4-11(12)17(18,19)20/h2-9H,1H3,(H2,21,22,23,24,25). The minimum atomic E-state index is -4.64. The van der Waals surface area contributed by atoms with E-state index in [-0.39, 0.29) is 17.3 Å². The van der Waals surface area contributed by atoms with Crippen molar-refractivity contribution in [3.05, 3.63) is 70.2 Å². The Morgan fingerprint density at radius 3 is 2.36 bits per heavy atom. The largest absolute Gasteiger partial charge is 0.418 e. The van der Waals surface area contributed by atoms with Crippen LogP contribution in [-0.2, 0) is 6.18 Å². The predicted octanol–water partition coefficient (Wildman–Crippen LogP) is 4.59. The van der Waals surface area contributed by atoms with Crippen molar-refractivity contribution in [3.8, 4) is 0 Å². The molecule has 2 N–H and O–H groups in total. The van der Waals surface area contributed by atoms with E-state index < -0.39 is 22.4 Å². The van der Waals surface area contributed by atoms with Crippen molar-refractivity contribution in [3.63, 3.8) is 0 Å². The molecule has 8 nitrogen and oxygen atoms in total. The second-order valence-electron chi connectivity index (χ2n) is 5.69. The minimum Gasteiger partial charge on any atom is -0.334 e. The lowest BCUT2D eigenvalue weighted by Crippen LogP contribution is -2.11. The zero-order chi connectivity index (χ0) is 20.3. The number of aryl methyl sites for hydroxylation is 1. The molecule has 0 amide bonds. The van der Waals surface area contributed by atoms with Crippen LogP contribution >= 0.6 is 0 Å². The highest BCUT2D eigenvalue weighted by atomic mass is 19.4. The summed E-state index contributed by atoms with van der Waals surface area (Å²) in [5.41, 5.74) is -1.09. The van der Waals surface area contributed by atoms with Crippen molar-refractivity contribution in [2.75, 3.05) is 10.6 Å². The third-order valence-electron chi connectivity index (χ3n) is 3.65. The number of nitrogens with one attached hydrogen (secondary N) is 2. The molecule has 0 atom stereocenters. The molecule has 3 rings (SSSR count). The SMILES string of the molecule is Cc1ccnc(Nc2ncnc(Nc3ccccc3C(F)(F)F)c2[N+](=O)[O-])c1. The number of hydrogen-bond donors (Lipinski definition) is 2. The van der Waals surface area contributed by atoms with Gasteiger partial charge in [0.2, 0.25) is 11.6 Å². The van der Waals surface area contributed by atoms with Gasteiger partial charge in [-0.1, -0.05) is 12.1 Å². The van der Waals surface area contributed by atoms with Gasteiger partial charge in [-0.15, -0.1) is 0 Å². The number of rotatable bonds is 5. The molecule has 0 saturated heterocycles. The van der Waals surface area contributed by atoms with Crippen LogP contribution in [0.3, 0.4) is 0 Å². The van der Waals surface area contributed by atoms with E-state index in [0.29, 0.717) is 5.82 Å². The number of para-hydroxylation sites is 1. The maximum Gasteiger partial charge on any atom is 0.418 e. The van der Waals surface area contributed by atoms with Gasteiger partial charge < -0.3 is 10.6 Å². The highest BCUT2D eigenvalue weighted by Crippen LogP contribution is 2.38. The van der Waals surface area contributed by atoms with Crippen molar-refractivity contribution in [2.24, 2.45) is 0 Å². The van der Waals surface area contributed by atoms with Crippen molar-refractivity contribution < 1.29 is 18.1 Å². The average molecular weight is 390 g/mol. The van der Waals surface area contributed by atoms with Gasteiger partial charge in [0.1, 0.15) is 12.1 Å². The molecule has 0 unspecified atom stereocenters. The first-order chi connectivity index (χ1) is 13.3. The van der Waals surface area contributed by atoms with Gasteiger partial charge >= 0.3 is 11.9 Å². The minimum absolute atomic E-state index is 0.204. The summed E-state index contributed by atoms with van der Waals surface area (Å²) < 4.78 is 39.6. The fourth-order valence-electron chi connectivity index (χ4n) is 2.43. The monoisotopic (exact) mass is 390 g/mol. The highest BCUT2D eigenvalue weighted by Gasteiger charge is 2.34. The van der Waals surface area contributed by atoms with Gasteiger partial charge in [-0.05, 0) is 36.8 Å². The Morgan fingerprint density at radius 1 is 1.04 bits per heavy atom. The van der Waals surface area contributed by atoms with Crippen LogP contribution < -0.4 is 10.6 Å². The first-order valence-corrected chi connectivity index (χ1v) is 7.88. The van der Waals surface area contributed by atoms with Gasteiger partial charge in [0.25, 0.3) is 0 Å². The van der Waals surface area contributed by atoms with E-state index in [1.807, 2.05) is 6.92 Å². The zero-order valence-electron chi connectivity index (χ0n) is 14.4. The number of nitrogens with zero attached hydrogens (tertiary/aromatic N) is 4. The molecular weight excluding hydrogens is 377 g/mol. The number of halogens is 3. The molecule has 2 aromatic heterocycles. The smallest absolute Gasteiger partial charge is 0.334 e. The molecule has 0 aliphatic rings. The molecular formula is C17H13F3N6O2. The Labute approximate surface area is 156 Å². The summed E-state index contributed by atoms with van der Waals surface area (Å²) in [5, 5.41) is 16.7. The van der Waals surface area contributed by atoms with Gasteiger partial charge in [-0.3, -0.25) is 10.1 Å². The third-order valence-corrected chi connectivity index (χ3v) is 3.65. The molecule has 2 heterocycles. The van der Waals surface area contributed by atoms with Crippen LogP contribution in [0.15, 0.2) is 48.9 Å². The first kappa shape index (κ1) is 19.0. The lowest BCUT2D eigenvalue weighted by atomic mass is 10.1. The third kappa shape index (κ3) is 4.14. The summed E-state index contributed by atoms with van der Waals surface area (Å²) in [6.45, 7) is 1.81. The maximum absolute atomic E-state index is 13.2. The molecule has 3 aromatic rings. The number of aromatic nitrogens is 3. The number of anilines is 4. The number of alkyl halides is 3. The number of benzene rings is 1. The average Bonchev–Trinajstić information content (AvgIpc) is 2.61. The van der Waals surface area contributed by atoms with Gasteiger partial charge in [0.15, 0.2) is 0 Å². The second kappa shape index (κ2) is 7.47. The van der Waals surface area contributed by atoms with Crippen LogP contribution in [0.5, 0.6) is 0 Å². The molecule has 0 aliphatic carbocycles. The fourth-order valence-corrected chi connectivity index (χ4v) is 2.43. The molecule has 0 bridgehead atoms. The van der Waals surface area contributed by atoms with E-state index >= 15 is 0 Å². The fraction of sp³-hybridized carbons (Fsp3) is 0.118. The van der Waals surface area contributed by atoms with Crippen molar-refractivity contribution in [1.29, 1.82) is 0 Å². The number of pyridine rings is 1. The zero-order valence-corrected chi connectivity index (χ0v) is 14.4. The second-order valence-corrected chi connectivity index (χ2v) is 5.69. The van der Waals surface area contributed by atoms with Crippen molar-refractivity contribution in [2.45, 2.75) is 13.1 Å². The Morgan fingerprint density at radius 2 is 1.71 bits per heavy atom. The Kier molecular flexibility index (Phi) is 5.07. The van der Waals surface area contributed by atoms with Crippen LogP contribution in [0.2, 0.25) is 0 Å². The lowest BCUT2D eigenvalue weighted by Gasteiger charge is -2.14. The first-order valence-electron chi connectivity index (χ1n) is 7.88. The predicted molar refractivity (Wildman–Crippen MR) is 95.7 cm³/mol.